The fourth-order valence-corrected chi connectivity index (χ4v) is 4.42. The Labute approximate surface area is 201 Å². The summed E-state index contributed by atoms with van der Waals surface area (Å²) < 4.78 is 12.1. The number of carbonyl (C=O) groups is 1. The third kappa shape index (κ3) is 5.44. The Kier molecular flexibility index (Phi) is 6.96. The first-order valence-corrected chi connectivity index (χ1v) is 12.0. The van der Waals surface area contributed by atoms with Gasteiger partial charge in [-0.05, 0) is 55.0 Å². The first-order valence-electron chi connectivity index (χ1n) is 12.0. The van der Waals surface area contributed by atoms with E-state index in [0.29, 0.717) is 25.5 Å². The molecule has 0 fully saturated rings. The number of aromatic nitrogens is 1. The van der Waals surface area contributed by atoms with Crippen molar-refractivity contribution in [2.75, 3.05) is 24.6 Å². The number of hydrogen-bond acceptors (Lipinski definition) is 5. The number of carboxylic acid groups (broad SMARTS) is 1. The first-order chi connectivity index (χ1) is 16.2. The van der Waals surface area contributed by atoms with E-state index in [1.807, 2.05) is 19.1 Å². The standard InChI is InChI=1S/C28H34N2O4/c1-19-23(29-27(34-19)20-10-12-21(13-11-20)28(2,3)4)15-18-33-25-9-5-8-24-22(25)7-6-16-30(24)17-14-26(31)32/h5,8-13H,6-7,14-18H2,1-4H3,(H,31,32). The lowest BCUT2D eigenvalue weighted by Crippen LogP contribution is -2.31. The Morgan fingerprint density at radius 1 is 1.18 bits per heavy atom. The summed E-state index contributed by atoms with van der Waals surface area (Å²) in [5, 5.41) is 9.05. The molecule has 0 spiro atoms. The van der Waals surface area contributed by atoms with E-state index in [1.54, 1.807) is 0 Å². The molecule has 0 unspecified atom stereocenters. The highest BCUT2D eigenvalue weighted by Gasteiger charge is 2.21. The maximum atomic E-state index is 11.0. The van der Waals surface area contributed by atoms with Crippen LogP contribution in [0.5, 0.6) is 5.75 Å². The molecule has 0 bridgehead atoms. The van der Waals surface area contributed by atoms with Gasteiger partial charge in [0.25, 0.3) is 0 Å². The number of aryl methyl sites for hydroxylation is 1. The van der Waals surface area contributed by atoms with Crippen LogP contribution in [0.2, 0.25) is 0 Å². The number of hydrogen-bond donors (Lipinski definition) is 1. The van der Waals surface area contributed by atoms with Gasteiger partial charge in [-0.1, -0.05) is 39.0 Å². The normalized spacial score (nSPS) is 13.6. The minimum atomic E-state index is -0.771. The van der Waals surface area contributed by atoms with Crippen LogP contribution in [0.15, 0.2) is 46.9 Å². The number of ether oxygens (including phenoxy) is 1. The van der Waals surface area contributed by atoms with E-state index < -0.39 is 5.97 Å². The minimum absolute atomic E-state index is 0.109. The summed E-state index contributed by atoms with van der Waals surface area (Å²) in [4.78, 5) is 17.9. The van der Waals surface area contributed by atoms with Crippen molar-refractivity contribution >= 4 is 11.7 Å². The molecule has 1 aliphatic rings. The molecule has 6 heteroatoms. The average molecular weight is 463 g/mol. The molecule has 1 N–H and O–H groups in total. The van der Waals surface area contributed by atoms with Crippen LogP contribution in [-0.4, -0.2) is 35.8 Å². The van der Waals surface area contributed by atoms with Crippen LogP contribution in [0.3, 0.4) is 0 Å². The highest BCUT2D eigenvalue weighted by atomic mass is 16.5. The maximum Gasteiger partial charge on any atom is 0.305 e. The smallest absolute Gasteiger partial charge is 0.305 e. The molecular formula is C28H34N2O4. The molecule has 6 nitrogen and oxygen atoms in total. The molecular weight excluding hydrogens is 428 g/mol. The number of rotatable bonds is 8. The maximum absolute atomic E-state index is 11.0. The van der Waals surface area contributed by atoms with Crippen LogP contribution in [0.1, 0.15) is 56.2 Å². The molecule has 3 aromatic rings. The van der Waals surface area contributed by atoms with Crippen LogP contribution >= 0.6 is 0 Å². The van der Waals surface area contributed by atoms with Crippen LogP contribution in [0.4, 0.5) is 5.69 Å². The highest BCUT2D eigenvalue weighted by Crippen LogP contribution is 2.34. The van der Waals surface area contributed by atoms with E-state index in [9.17, 15) is 4.79 Å². The van der Waals surface area contributed by atoms with Gasteiger partial charge in [-0.3, -0.25) is 4.79 Å². The van der Waals surface area contributed by atoms with E-state index >= 15 is 0 Å². The van der Waals surface area contributed by atoms with Crippen molar-refractivity contribution in [3.8, 4) is 17.2 Å². The Morgan fingerprint density at radius 2 is 1.94 bits per heavy atom. The number of benzene rings is 2. The lowest BCUT2D eigenvalue weighted by Gasteiger charge is -2.32. The summed E-state index contributed by atoms with van der Waals surface area (Å²) >= 11 is 0. The number of nitrogens with zero attached hydrogens (tertiary/aromatic N) is 2. The van der Waals surface area contributed by atoms with Gasteiger partial charge in [0.05, 0.1) is 18.7 Å². The second-order valence-corrected chi connectivity index (χ2v) is 9.94. The summed E-state index contributed by atoms with van der Waals surface area (Å²) in [6, 6.07) is 14.4. The van der Waals surface area contributed by atoms with Gasteiger partial charge in [-0.25, -0.2) is 4.98 Å². The van der Waals surface area contributed by atoms with Crippen molar-refractivity contribution in [2.24, 2.45) is 0 Å². The van der Waals surface area contributed by atoms with Gasteiger partial charge < -0.3 is 19.2 Å². The summed E-state index contributed by atoms with van der Waals surface area (Å²) in [6.45, 7) is 10.4. The molecule has 34 heavy (non-hydrogen) atoms. The van der Waals surface area contributed by atoms with Crippen molar-refractivity contribution in [3.63, 3.8) is 0 Å². The lowest BCUT2D eigenvalue weighted by molar-refractivity contribution is -0.136. The van der Waals surface area contributed by atoms with Crippen LogP contribution in [0.25, 0.3) is 11.5 Å². The topological polar surface area (TPSA) is 75.8 Å². The average Bonchev–Trinajstić information content (AvgIpc) is 3.17. The predicted molar refractivity (Wildman–Crippen MR) is 134 cm³/mol. The minimum Gasteiger partial charge on any atom is -0.493 e. The molecule has 0 atom stereocenters. The van der Waals surface area contributed by atoms with E-state index in [1.165, 1.54) is 5.56 Å². The van der Waals surface area contributed by atoms with Crippen molar-refractivity contribution in [1.29, 1.82) is 0 Å². The van der Waals surface area contributed by atoms with E-state index in [4.69, 9.17) is 19.2 Å². The fraction of sp³-hybridized carbons (Fsp3) is 0.429. The quantitative estimate of drug-likeness (QED) is 0.456. The molecule has 4 rings (SSSR count). The summed E-state index contributed by atoms with van der Waals surface area (Å²) in [5.41, 5.74) is 5.52. The third-order valence-corrected chi connectivity index (χ3v) is 6.39. The van der Waals surface area contributed by atoms with Gasteiger partial charge in [0.15, 0.2) is 0 Å². The fourth-order valence-electron chi connectivity index (χ4n) is 4.42. The molecule has 0 radical (unpaired) electrons. The molecule has 2 heterocycles. The molecule has 0 amide bonds. The number of carboxylic acids is 1. The van der Waals surface area contributed by atoms with E-state index in [0.717, 1.165) is 53.4 Å². The zero-order valence-electron chi connectivity index (χ0n) is 20.6. The Morgan fingerprint density at radius 3 is 2.65 bits per heavy atom. The third-order valence-electron chi connectivity index (χ3n) is 6.39. The monoisotopic (exact) mass is 462 g/mol. The van der Waals surface area contributed by atoms with Gasteiger partial charge >= 0.3 is 5.97 Å². The molecule has 0 saturated carbocycles. The zero-order valence-corrected chi connectivity index (χ0v) is 20.6. The van der Waals surface area contributed by atoms with Crippen molar-refractivity contribution < 1.29 is 19.1 Å². The van der Waals surface area contributed by atoms with Crippen molar-refractivity contribution in [3.05, 3.63) is 65.0 Å². The first kappa shape index (κ1) is 23.9. The van der Waals surface area contributed by atoms with Crippen molar-refractivity contribution in [1.82, 2.24) is 4.98 Å². The molecule has 0 saturated heterocycles. The Bertz CT molecular complexity index is 1140. The molecule has 2 aromatic carbocycles. The summed E-state index contributed by atoms with van der Waals surface area (Å²) in [5.74, 6) is 1.55. The van der Waals surface area contributed by atoms with Gasteiger partial charge in [0, 0.05) is 36.3 Å². The van der Waals surface area contributed by atoms with Gasteiger partial charge in [0.1, 0.15) is 11.5 Å². The molecule has 1 aromatic heterocycles. The molecule has 1 aliphatic heterocycles. The largest absolute Gasteiger partial charge is 0.493 e. The second-order valence-electron chi connectivity index (χ2n) is 9.94. The van der Waals surface area contributed by atoms with Gasteiger partial charge in [-0.2, -0.15) is 0 Å². The number of fused-ring (bicyclic) bond motifs is 1. The highest BCUT2D eigenvalue weighted by molar-refractivity contribution is 5.68. The zero-order chi connectivity index (χ0) is 24.3. The summed E-state index contributed by atoms with van der Waals surface area (Å²) in [7, 11) is 0. The van der Waals surface area contributed by atoms with Crippen molar-refractivity contribution in [2.45, 2.75) is 58.8 Å². The Hall–Kier alpha value is -3.28. The van der Waals surface area contributed by atoms with Gasteiger partial charge in [0.2, 0.25) is 5.89 Å². The Balaban J connectivity index is 1.41. The number of oxazole rings is 1. The van der Waals surface area contributed by atoms with E-state index in [2.05, 4.69) is 56.0 Å². The van der Waals surface area contributed by atoms with Crippen LogP contribution < -0.4 is 9.64 Å². The van der Waals surface area contributed by atoms with Crippen LogP contribution in [-0.2, 0) is 23.1 Å². The SMILES string of the molecule is Cc1oc(-c2ccc(C(C)(C)C)cc2)nc1CCOc1cccc2c1CCCN2CCC(=O)O. The van der Waals surface area contributed by atoms with Crippen LogP contribution in [0, 0.1) is 6.92 Å². The number of anilines is 1. The second kappa shape index (κ2) is 9.92. The molecule has 180 valence electrons. The molecule has 0 aliphatic carbocycles. The number of aliphatic carboxylic acids is 1. The lowest BCUT2D eigenvalue weighted by atomic mass is 9.87. The summed E-state index contributed by atoms with van der Waals surface area (Å²) in [6.07, 6.45) is 2.72. The van der Waals surface area contributed by atoms with E-state index in [-0.39, 0.29) is 11.8 Å². The predicted octanol–water partition coefficient (Wildman–Crippen LogP) is 5.80. The van der Waals surface area contributed by atoms with Gasteiger partial charge in [-0.15, -0.1) is 0 Å².